The molecular formula is C24H22N4. The number of hydrogen-bond donors (Lipinski definition) is 1. The Labute approximate surface area is 166 Å². The number of nitriles is 1. The zero-order valence-electron chi connectivity index (χ0n) is 16.6. The quantitative estimate of drug-likeness (QED) is 0.622. The molecule has 138 valence electrons. The van der Waals surface area contributed by atoms with Gasteiger partial charge in [-0.25, -0.2) is 4.85 Å². The fourth-order valence-electron chi connectivity index (χ4n) is 3.75. The lowest BCUT2D eigenvalue weighted by Gasteiger charge is -2.18. The van der Waals surface area contributed by atoms with E-state index < -0.39 is 0 Å². The van der Waals surface area contributed by atoms with Gasteiger partial charge in [-0.3, -0.25) is 4.98 Å². The average molecular weight is 366 g/mol. The summed E-state index contributed by atoms with van der Waals surface area (Å²) in [4.78, 5) is 8.33. The molecule has 0 amide bonds. The van der Waals surface area contributed by atoms with Crippen molar-refractivity contribution in [2.45, 2.75) is 27.3 Å². The number of nitrogens with one attached hydrogen (secondary N) is 1. The summed E-state index contributed by atoms with van der Waals surface area (Å²) in [5.41, 5.74) is 8.92. The van der Waals surface area contributed by atoms with Gasteiger partial charge in [0, 0.05) is 18.3 Å². The molecule has 0 fully saturated rings. The van der Waals surface area contributed by atoms with Crippen molar-refractivity contribution >= 4 is 5.69 Å². The Morgan fingerprint density at radius 1 is 1.07 bits per heavy atom. The van der Waals surface area contributed by atoms with Crippen LogP contribution in [0.4, 0.5) is 5.69 Å². The molecule has 1 aromatic heterocycles. The maximum absolute atomic E-state index is 9.49. The van der Waals surface area contributed by atoms with E-state index >= 15 is 0 Å². The van der Waals surface area contributed by atoms with Crippen molar-refractivity contribution in [3.05, 3.63) is 81.8 Å². The molecule has 4 nitrogen and oxygen atoms in total. The Balaban J connectivity index is 2.39. The maximum Gasteiger partial charge on any atom is 0.196 e. The van der Waals surface area contributed by atoms with Crippen LogP contribution in [0.2, 0.25) is 0 Å². The smallest absolute Gasteiger partial charge is 0.196 e. The van der Waals surface area contributed by atoms with Gasteiger partial charge in [0.25, 0.3) is 0 Å². The largest absolute Gasteiger partial charge is 0.316 e. The van der Waals surface area contributed by atoms with Crippen LogP contribution in [0.15, 0.2) is 42.6 Å². The summed E-state index contributed by atoms with van der Waals surface area (Å²) in [7, 11) is 1.90. The number of nitrogens with zero attached hydrogens (tertiary/aromatic N) is 3. The van der Waals surface area contributed by atoms with Crippen LogP contribution in [-0.4, -0.2) is 12.0 Å². The van der Waals surface area contributed by atoms with E-state index in [1.807, 2.05) is 25.2 Å². The molecule has 0 saturated heterocycles. The SMILES string of the molecule is [C-]#[N+]c1cc(C#N)cc(-c2cc(CNC)ccn2)c1-c1c(C)cc(C)cc1C. The van der Waals surface area contributed by atoms with Gasteiger partial charge in [-0.1, -0.05) is 17.7 Å². The predicted octanol–water partition coefficient (Wildman–Crippen LogP) is 5.48. The fraction of sp³-hybridized carbons (Fsp3) is 0.208. The van der Waals surface area contributed by atoms with E-state index in [2.05, 4.69) is 54.1 Å². The first-order valence-electron chi connectivity index (χ1n) is 9.12. The van der Waals surface area contributed by atoms with E-state index in [1.165, 1.54) is 5.56 Å². The molecule has 4 heteroatoms. The lowest BCUT2D eigenvalue weighted by Crippen LogP contribution is -2.05. The third kappa shape index (κ3) is 3.64. The van der Waals surface area contributed by atoms with Gasteiger partial charge in [0.15, 0.2) is 5.69 Å². The van der Waals surface area contributed by atoms with Crippen molar-refractivity contribution < 1.29 is 0 Å². The van der Waals surface area contributed by atoms with Crippen LogP contribution in [0.1, 0.15) is 27.8 Å². The minimum atomic E-state index is 0.466. The normalized spacial score (nSPS) is 10.4. The number of aryl methyl sites for hydroxylation is 3. The van der Waals surface area contributed by atoms with Gasteiger partial charge in [-0.15, -0.1) is 0 Å². The summed E-state index contributed by atoms with van der Waals surface area (Å²) in [5, 5.41) is 12.6. The van der Waals surface area contributed by atoms with Gasteiger partial charge in [0.2, 0.25) is 0 Å². The molecular weight excluding hydrogens is 344 g/mol. The van der Waals surface area contributed by atoms with Crippen LogP contribution in [0, 0.1) is 38.7 Å². The Kier molecular flexibility index (Phi) is 5.54. The second kappa shape index (κ2) is 8.05. The number of aromatic nitrogens is 1. The van der Waals surface area contributed by atoms with E-state index in [0.717, 1.165) is 45.6 Å². The highest BCUT2D eigenvalue weighted by atomic mass is 14.8. The Hall–Kier alpha value is -3.47. The maximum atomic E-state index is 9.49. The number of benzene rings is 2. The van der Waals surface area contributed by atoms with Crippen molar-refractivity contribution in [1.29, 1.82) is 5.26 Å². The van der Waals surface area contributed by atoms with Gasteiger partial charge in [-0.2, -0.15) is 5.26 Å². The molecule has 1 heterocycles. The highest BCUT2D eigenvalue weighted by Crippen LogP contribution is 2.43. The van der Waals surface area contributed by atoms with Crippen molar-refractivity contribution in [3.8, 4) is 28.5 Å². The zero-order valence-corrected chi connectivity index (χ0v) is 16.6. The van der Waals surface area contributed by atoms with Crippen molar-refractivity contribution in [3.63, 3.8) is 0 Å². The molecule has 0 bridgehead atoms. The zero-order chi connectivity index (χ0) is 20.3. The Bertz CT molecular complexity index is 1110. The predicted molar refractivity (Wildman–Crippen MR) is 113 cm³/mol. The molecule has 0 aliphatic carbocycles. The second-order valence-corrected chi connectivity index (χ2v) is 6.99. The first kappa shape index (κ1) is 19.3. The van der Waals surface area contributed by atoms with Gasteiger partial charge in [-0.05, 0) is 85.5 Å². The van der Waals surface area contributed by atoms with E-state index in [-0.39, 0.29) is 0 Å². The molecule has 1 N–H and O–H groups in total. The molecule has 0 atom stereocenters. The molecule has 28 heavy (non-hydrogen) atoms. The van der Waals surface area contributed by atoms with E-state index in [9.17, 15) is 5.26 Å². The minimum Gasteiger partial charge on any atom is -0.316 e. The molecule has 0 spiro atoms. The topological polar surface area (TPSA) is 53.1 Å². The number of pyridine rings is 1. The first-order chi connectivity index (χ1) is 13.5. The van der Waals surface area contributed by atoms with Gasteiger partial charge in [0.1, 0.15) is 0 Å². The summed E-state index contributed by atoms with van der Waals surface area (Å²) < 4.78 is 0. The summed E-state index contributed by atoms with van der Waals surface area (Å²) in [5.74, 6) is 0. The van der Waals surface area contributed by atoms with E-state index in [1.54, 1.807) is 12.3 Å². The molecule has 0 unspecified atom stereocenters. The standard InChI is InChI=1S/C24H22N4/c1-15-8-16(2)23(17(3)9-15)24-20(10-19(13-25)12-22(24)27-5)21-11-18(14-26-4)6-7-28-21/h6-12,26H,14H2,1-4H3. The van der Waals surface area contributed by atoms with Gasteiger partial charge in [0.05, 0.1) is 18.3 Å². The van der Waals surface area contributed by atoms with Crippen LogP contribution >= 0.6 is 0 Å². The van der Waals surface area contributed by atoms with Crippen LogP contribution in [-0.2, 0) is 6.54 Å². The molecule has 3 rings (SSSR count). The van der Waals surface area contributed by atoms with Crippen LogP contribution in [0.25, 0.3) is 27.2 Å². The van der Waals surface area contributed by atoms with Gasteiger partial charge < -0.3 is 5.32 Å². The molecule has 0 aliphatic rings. The number of rotatable bonds is 4. The highest BCUT2D eigenvalue weighted by molar-refractivity contribution is 5.94. The van der Waals surface area contributed by atoms with Crippen molar-refractivity contribution in [2.75, 3.05) is 7.05 Å². The number of hydrogen-bond acceptors (Lipinski definition) is 3. The molecule has 0 radical (unpaired) electrons. The lowest BCUT2D eigenvalue weighted by atomic mass is 9.87. The Morgan fingerprint density at radius 3 is 2.39 bits per heavy atom. The van der Waals surface area contributed by atoms with Crippen LogP contribution < -0.4 is 5.32 Å². The van der Waals surface area contributed by atoms with E-state index in [4.69, 9.17) is 6.57 Å². The minimum absolute atomic E-state index is 0.466. The second-order valence-electron chi connectivity index (χ2n) is 6.99. The third-order valence-corrected chi connectivity index (χ3v) is 4.78. The molecule has 3 aromatic rings. The monoisotopic (exact) mass is 366 g/mol. The van der Waals surface area contributed by atoms with Crippen LogP contribution in [0.3, 0.4) is 0 Å². The summed E-state index contributed by atoms with van der Waals surface area (Å²) >= 11 is 0. The first-order valence-corrected chi connectivity index (χ1v) is 9.12. The molecule has 0 saturated carbocycles. The lowest BCUT2D eigenvalue weighted by molar-refractivity contribution is 0.816. The summed E-state index contributed by atoms with van der Waals surface area (Å²) in [6.07, 6.45) is 1.78. The fourth-order valence-corrected chi connectivity index (χ4v) is 3.75. The van der Waals surface area contributed by atoms with Crippen molar-refractivity contribution in [1.82, 2.24) is 10.3 Å². The summed E-state index contributed by atoms with van der Waals surface area (Å²) in [6, 6.07) is 13.9. The summed E-state index contributed by atoms with van der Waals surface area (Å²) in [6.45, 7) is 14.7. The molecule has 2 aromatic carbocycles. The third-order valence-electron chi connectivity index (χ3n) is 4.78. The molecule has 0 aliphatic heterocycles. The Morgan fingerprint density at radius 2 is 1.79 bits per heavy atom. The van der Waals surface area contributed by atoms with Gasteiger partial charge >= 0.3 is 0 Å². The highest BCUT2D eigenvalue weighted by Gasteiger charge is 2.19. The average Bonchev–Trinajstić information content (AvgIpc) is 2.67. The van der Waals surface area contributed by atoms with E-state index in [0.29, 0.717) is 11.3 Å². The van der Waals surface area contributed by atoms with Crippen LogP contribution in [0.5, 0.6) is 0 Å². The van der Waals surface area contributed by atoms with Crippen molar-refractivity contribution in [2.24, 2.45) is 0 Å².